The summed E-state index contributed by atoms with van der Waals surface area (Å²) in [4.78, 5) is 17.2. The fourth-order valence-electron chi connectivity index (χ4n) is 3.65. The van der Waals surface area contributed by atoms with Gasteiger partial charge < -0.3 is 10.1 Å². The zero-order valence-electron chi connectivity index (χ0n) is 18.1. The largest absolute Gasteiger partial charge is 0.497 e. The highest BCUT2D eigenvalue weighted by atomic mass is 35.5. The lowest BCUT2D eigenvalue weighted by atomic mass is 10.0. The molecule has 0 radical (unpaired) electrons. The van der Waals surface area contributed by atoms with Crippen molar-refractivity contribution in [2.75, 3.05) is 17.7 Å². The number of nitrogens with one attached hydrogen (secondary N) is 2. The number of amides is 1. The summed E-state index contributed by atoms with van der Waals surface area (Å²) >= 11 is 5.92. The molecule has 1 aliphatic rings. The first-order chi connectivity index (χ1) is 16.1. The van der Waals surface area contributed by atoms with E-state index in [2.05, 4.69) is 26.8 Å². The number of benzene rings is 3. The van der Waals surface area contributed by atoms with Gasteiger partial charge in [0, 0.05) is 16.3 Å². The van der Waals surface area contributed by atoms with E-state index in [1.54, 1.807) is 36.1 Å². The van der Waals surface area contributed by atoms with E-state index < -0.39 is 0 Å². The zero-order valence-corrected chi connectivity index (χ0v) is 19.7. The summed E-state index contributed by atoms with van der Waals surface area (Å²) in [7, 11) is 1.64. The summed E-state index contributed by atoms with van der Waals surface area (Å²) in [6.07, 6.45) is 2.09. The summed E-state index contributed by atoms with van der Waals surface area (Å²) in [5.74, 6) is 1.20. The molecule has 34 heavy (non-hydrogen) atoms. The second-order valence-electron chi connectivity index (χ2n) is 7.45. The maximum absolute atomic E-state index is 12.7. The third-order valence-electron chi connectivity index (χ3n) is 5.34. The minimum atomic E-state index is -0.313. The normalized spacial score (nSPS) is 14.2. The van der Waals surface area contributed by atoms with Crippen LogP contribution in [-0.4, -0.2) is 27.8 Å². The lowest BCUT2D eigenvalue weighted by Crippen LogP contribution is -2.20. The van der Waals surface area contributed by atoms with Crippen LogP contribution in [0.15, 0.2) is 84.9 Å². The van der Waals surface area contributed by atoms with E-state index in [-0.39, 0.29) is 30.3 Å². The molecule has 0 spiro atoms. The van der Waals surface area contributed by atoms with E-state index in [0.29, 0.717) is 16.5 Å². The summed E-state index contributed by atoms with van der Waals surface area (Å²) < 4.78 is 7.05. The molecule has 4 aromatic rings. The monoisotopic (exact) mass is 493 g/mol. The molecule has 5 rings (SSSR count). The van der Waals surface area contributed by atoms with Crippen molar-refractivity contribution in [3.63, 3.8) is 0 Å². The first-order valence-electron chi connectivity index (χ1n) is 10.3. The number of nitrogens with zero attached hydrogens (tertiary/aromatic N) is 3. The highest BCUT2D eigenvalue weighted by Gasteiger charge is 2.26. The quantitative estimate of drug-likeness (QED) is 0.374. The van der Waals surface area contributed by atoms with Gasteiger partial charge in [0.25, 0.3) is 11.9 Å². The van der Waals surface area contributed by atoms with Crippen LogP contribution in [0.4, 0.5) is 11.9 Å². The van der Waals surface area contributed by atoms with E-state index in [4.69, 9.17) is 16.3 Å². The van der Waals surface area contributed by atoms with Crippen LogP contribution in [0, 0.1) is 0 Å². The smallest absolute Gasteiger partial charge is 0.258 e. The van der Waals surface area contributed by atoms with E-state index in [9.17, 15) is 4.79 Å². The molecular weight excluding hydrogens is 473 g/mol. The van der Waals surface area contributed by atoms with Crippen LogP contribution in [0.3, 0.4) is 0 Å². The number of rotatable bonds is 5. The zero-order chi connectivity index (χ0) is 22.8. The van der Waals surface area contributed by atoms with Crippen LogP contribution in [0.1, 0.15) is 27.5 Å². The molecule has 3 aromatic carbocycles. The predicted molar refractivity (Wildman–Crippen MR) is 136 cm³/mol. The Kier molecular flexibility index (Phi) is 6.86. The van der Waals surface area contributed by atoms with Gasteiger partial charge in [0.05, 0.1) is 7.11 Å². The van der Waals surface area contributed by atoms with Crippen molar-refractivity contribution in [2.45, 2.75) is 6.04 Å². The number of methoxy groups -OCH3 is 1. The first kappa shape index (κ1) is 23.4. The van der Waals surface area contributed by atoms with Gasteiger partial charge in [0.1, 0.15) is 11.8 Å². The third kappa shape index (κ3) is 4.76. The van der Waals surface area contributed by atoms with E-state index >= 15 is 0 Å². The second-order valence-corrected chi connectivity index (χ2v) is 7.89. The van der Waals surface area contributed by atoms with Gasteiger partial charge in [-0.2, -0.15) is 4.98 Å². The second kappa shape index (κ2) is 9.99. The lowest BCUT2D eigenvalue weighted by Gasteiger charge is -2.24. The highest BCUT2D eigenvalue weighted by molar-refractivity contribution is 6.30. The number of ether oxygens (including phenoxy) is 1. The van der Waals surface area contributed by atoms with Gasteiger partial charge in [0.15, 0.2) is 0 Å². The van der Waals surface area contributed by atoms with Crippen molar-refractivity contribution in [3.05, 3.63) is 107 Å². The number of hydrogen-bond acceptors (Lipinski definition) is 5. The molecular formula is C25H21Cl2N5O2. The molecule has 1 unspecified atom stereocenters. The van der Waals surface area contributed by atoms with Crippen LogP contribution >= 0.6 is 24.0 Å². The number of carbonyl (C=O) groups excluding carboxylic acids is 1. The molecule has 2 N–H and O–H groups in total. The Hall–Kier alpha value is -3.81. The van der Waals surface area contributed by atoms with Crippen LogP contribution in [-0.2, 0) is 0 Å². The fourth-order valence-corrected chi connectivity index (χ4v) is 3.77. The average Bonchev–Trinajstić information content (AvgIpc) is 3.26. The Morgan fingerprint density at radius 2 is 1.74 bits per heavy atom. The number of allylic oxidation sites excluding steroid dienone is 1. The van der Waals surface area contributed by atoms with Crippen molar-refractivity contribution >= 4 is 47.5 Å². The Morgan fingerprint density at radius 3 is 2.41 bits per heavy atom. The van der Waals surface area contributed by atoms with Crippen molar-refractivity contribution in [1.29, 1.82) is 0 Å². The highest BCUT2D eigenvalue weighted by Crippen LogP contribution is 2.33. The summed E-state index contributed by atoms with van der Waals surface area (Å²) in [6.45, 7) is 0. The molecule has 0 aliphatic carbocycles. The predicted octanol–water partition coefficient (Wildman–Crippen LogP) is 5.67. The lowest BCUT2D eigenvalue weighted by molar-refractivity contribution is 0.102. The van der Waals surface area contributed by atoms with Gasteiger partial charge in [-0.15, -0.1) is 17.5 Å². The number of halogens is 2. The van der Waals surface area contributed by atoms with Crippen molar-refractivity contribution in [3.8, 4) is 5.75 Å². The van der Waals surface area contributed by atoms with Gasteiger partial charge in [-0.05, 0) is 53.6 Å². The SMILES string of the molecule is COc1ccc(C2C=C(c3ccccc3)Nc3nc(NC(=O)c4ccc(Cl)cc4)nn32)cc1.Cl. The third-order valence-corrected chi connectivity index (χ3v) is 5.59. The molecule has 1 atom stereocenters. The minimum absolute atomic E-state index is 0. The number of aromatic nitrogens is 3. The van der Waals surface area contributed by atoms with Crippen LogP contribution in [0.5, 0.6) is 5.75 Å². The molecule has 0 saturated carbocycles. The van der Waals surface area contributed by atoms with Gasteiger partial charge in [-0.1, -0.05) is 54.1 Å². The van der Waals surface area contributed by atoms with E-state index in [1.165, 1.54) is 0 Å². The number of hydrogen-bond donors (Lipinski definition) is 2. The molecule has 0 saturated heterocycles. The van der Waals surface area contributed by atoms with Crippen LogP contribution in [0.25, 0.3) is 5.70 Å². The molecule has 1 amide bonds. The maximum Gasteiger partial charge on any atom is 0.258 e. The Balaban J connectivity index is 0.00000274. The molecule has 0 bridgehead atoms. The van der Waals surface area contributed by atoms with Gasteiger partial charge in [0.2, 0.25) is 5.95 Å². The van der Waals surface area contributed by atoms with Crippen molar-refractivity contribution in [1.82, 2.24) is 14.8 Å². The number of anilines is 2. The molecule has 172 valence electrons. The Bertz CT molecular complexity index is 1320. The number of fused-ring (bicyclic) bond motifs is 1. The molecule has 1 aromatic heterocycles. The molecule has 0 fully saturated rings. The van der Waals surface area contributed by atoms with E-state index in [0.717, 1.165) is 22.6 Å². The van der Waals surface area contributed by atoms with E-state index in [1.807, 2.05) is 54.6 Å². The van der Waals surface area contributed by atoms with Gasteiger partial charge in [-0.25, -0.2) is 4.68 Å². The Labute approximate surface area is 207 Å². The summed E-state index contributed by atoms with van der Waals surface area (Å²) in [5.41, 5.74) is 3.41. The van der Waals surface area contributed by atoms with Crippen LogP contribution in [0.2, 0.25) is 5.02 Å². The average molecular weight is 494 g/mol. The van der Waals surface area contributed by atoms with Crippen molar-refractivity contribution < 1.29 is 9.53 Å². The molecule has 9 heteroatoms. The maximum atomic E-state index is 12.7. The first-order valence-corrected chi connectivity index (χ1v) is 10.7. The summed E-state index contributed by atoms with van der Waals surface area (Å²) in [6, 6.07) is 24.2. The molecule has 2 heterocycles. The topological polar surface area (TPSA) is 81.1 Å². The van der Waals surface area contributed by atoms with Crippen LogP contribution < -0.4 is 15.4 Å². The fraction of sp³-hybridized carbons (Fsp3) is 0.0800. The molecule has 1 aliphatic heterocycles. The number of carbonyl (C=O) groups is 1. The minimum Gasteiger partial charge on any atom is -0.497 e. The van der Waals surface area contributed by atoms with Gasteiger partial charge in [-0.3, -0.25) is 10.1 Å². The van der Waals surface area contributed by atoms with Crippen molar-refractivity contribution in [2.24, 2.45) is 0 Å². The summed E-state index contributed by atoms with van der Waals surface area (Å²) in [5, 5.41) is 11.2. The molecule has 7 nitrogen and oxygen atoms in total. The Morgan fingerprint density at radius 1 is 1.03 bits per heavy atom. The van der Waals surface area contributed by atoms with Gasteiger partial charge >= 0.3 is 0 Å². The standard InChI is InChI=1S/C25H20ClN5O2.ClH/c1-33-20-13-9-17(10-14-20)22-15-21(16-5-3-2-4-6-16)27-25-29-24(30-31(22)25)28-23(32)18-7-11-19(26)12-8-18;/h2-15,22H,1H3,(H2,27,28,29,30,32);1H.